The van der Waals surface area contributed by atoms with Gasteiger partial charge in [-0.05, 0) is 29.3 Å². The first kappa shape index (κ1) is 21.5. The first-order valence-corrected chi connectivity index (χ1v) is 9.74. The van der Waals surface area contributed by atoms with Crippen LogP contribution in [0.15, 0.2) is 48.5 Å². The average Bonchev–Trinajstić information content (AvgIpc) is 2.67. The number of rotatable bonds is 8. The van der Waals surface area contributed by atoms with Crippen molar-refractivity contribution in [2.75, 3.05) is 24.3 Å². The molecule has 0 bridgehead atoms. The Balaban J connectivity index is 2.35. The molecule has 0 spiro atoms. The van der Waals surface area contributed by atoms with E-state index in [-0.39, 0.29) is 17.7 Å². The highest BCUT2D eigenvalue weighted by Crippen LogP contribution is 2.26. The highest BCUT2D eigenvalue weighted by molar-refractivity contribution is 5.91. The number of nitrogens with one attached hydrogen (secondary N) is 1. The maximum absolute atomic E-state index is 12.9. The Morgan fingerprint density at radius 2 is 1.68 bits per heavy atom. The Morgan fingerprint density at radius 3 is 2.25 bits per heavy atom. The normalized spacial score (nSPS) is 10.6. The Morgan fingerprint density at radius 1 is 1.00 bits per heavy atom. The monoisotopic (exact) mass is 381 g/mol. The van der Waals surface area contributed by atoms with Crippen LogP contribution >= 0.6 is 0 Å². The van der Waals surface area contributed by atoms with Gasteiger partial charge >= 0.3 is 0 Å². The summed E-state index contributed by atoms with van der Waals surface area (Å²) in [5, 5.41) is 2.91. The molecule has 0 radical (unpaired) electrons. The van der Waals surface area contributed by atoms with Gasteiger partial charge in [-0.3, -0.25) is 9.59 Å². The minimum atomic E-state index is -0.0884. The topological polar surface area (TPSA) is 52.7 Å². The molecule has 2 amide bonds. The van der Waals surface area contributed by atoms with Crippen molar-refractivity contribution in [2.45, 2.75) is 40.3 Å². The van der Waals surface area contributed by atoms with E-state index in [9.17, 15) is 9.59 Å². The van der Waals surface area contributed by atoms with Crippen LogP contribution in [0.5, 0.6) is 0 Å². The second kappa shape index (κ2) is 9.93. The number of benzene rings is 2. The zero-order valence-electron chi connectivity index (χ0n) is 17.5. The lowest BCUT2D eigenvalue weighted by Crippen LogP contribution is -2.33. The summed E-state index contributed by atoms with van der Waals surface area (Å²) in [5.74, 6) is -0.00555. The lowest BCUT2D eigenvalue weighted by molar-refractivity contribution is -0.135. The molecule has 0 unspecified atom stereocenters. The maximum Gasteiger partial charge on any atom is 0.225 e. The Kier molecular flexibility index (Phi) is 7.61. The van der Waals surface area contributed by atoms with Crippen molar-refractivity contribution >= 4 is 23.2 Å². The van der Waals surface area contributed by atoms with E-state index < -0.39 is 0 Å². The van der Waals surface area contributed by atoms with E-state index in [1.165, 1.54) is 0 Å². The number of amides is 2. The third kappa shape index (κ3) is 5.84. The molecule has 1 N–H and O–H groups in total. The standard InChI is InChI=1S/C23H31N3O2/c1-6-22(27)24-20-12-13-21(25(4)5)19(14-20)16-26(23(28)17(2)3)15-18-10-8-7-9-11-18/h7-14,17H,6,15-16H2,1-5H3,(H,24,27). The van der Waals surface area contributed by atoms with Crippen molar-refractivity contribution in [3.05, 3.63) is 59.7 Å². The Bertz CT molecular complexity index is 801. The average molecular weight is 382 g/mol. The molecule has 0 aliphatic carbocycles. The summed E-state index contributed by atoms with van der Waals surface area (Å²) in [6.45, 7) is 6.70. The quantitative estimate of drug-likeness (QED) is 0.742. The van der Waals surface area contributed by atoms with Crippen LogP contribution in [0.2, 0.25) is 0 Å². The number of carbonyl (C=O) groups is 2. The zero-order chi connectivity index (χ0) is 20.7. The maximum atomic E-state index is 12.9. The molecule has 2 rings (SSSR count). The summed E-state index contributed by atoms with van der Waals surface area (Å²) in [4.78, 5) is 28.6. The fourth-order valence-corrected chi connectivity index (χ4v) is 3.06. The van der Waals surface area contributed by atoms with Gasteiger partial charge in [-0.15, -0.1) is 0 Å². The van der Waals surface area contributed by atoms with Crippen LogP contribution in [-0.2, 0) is 22.7 Å². The predicted molar refractivity (Wildman–Crippen MR) is 115 cm³/mol. The van der Waals surface area contributed by atoms with Crippen molar-refractivity contribution in [1.29, 1.82) is 0 Å². The van der Waals surface area contributed by atoms with Crippen LogP contribution in [0.4, 0.5) is 11.4 Å². The highest BCUT2D eigenvalue weighted by Gasteiger charge is 2.20. The van der Waals surface area contributed by atoms with E-state index in [0.717, 1.165) is 22.5 Å². The van der Waals surface area contributed by atoms with Gasteiger partial charge in [0.2, 0.25) is 11.8 Å². The SMILES string of the molecule is CCC(=O)Nc1ccc(N(C)C)c(CN(Cc2ccccc2)C(=O)C(C)C)c1. The van der Waals surface area contributed by atoms with E-state index in [1.807, 2.05) is 93.2 Å². The summed E-state index contributed by atoms with van der Waals surface area (Å²) < 4.78 is 0. The van der Waals surface area contributed by atoms with Crippen molar-refractivity contribution in [2.24, 2.45) is 5.92 Å². The van der Waals surface area contributed by atoms with Crippen molar-refractivity contribution in [3.8, 4) is 0 Å². The molecule has 0 aliphatic rings. The van der Waals surface area contributed by atoms with E-state index in [1.54, 1.807) is 0 Å². The van der Waals surface area contributed by atoms with Crippen molar-refractivity contribution in [3.63, 3.8) is 0 Å². The second-order valence-electron chi connectivity index (χ2n) is 7.47. The first-order valence-electron chi connectivity index (χ1n) is 9.74. The summed E-state index contributed by atoms with van der Waals surface area (Å²) in [5.41, 5.74) is 3.88. The van der Waals surface area contributed by atoms with Crippen LogP contribution in [0.1, 0.15) is 38.3 Å². The molecule has 0 saturated carbocycles. The third-order valence-electron chi connectivity index (χ3n) is 4.55. The van der Waals surface area contributed by atoms with Crippen LogP contribution in [0.3, 0.4) is 0 Å². The van der Waals surface area contributed by atoms with Gasteiger partial charge in [0.1, 0.15) is 0 Å². The fraction of sp³-hybridized carbons (Fsp3) is 0.391. The number of carbonyl (C=O) groups excluding carboxylic acids is 2. The first-order chi connectivity index (χ1) is 13.3. The lowest BCUT2D eigenvalue weighted by atomic mass is 10.1. The number of hydrogen-bond acceptors (Lipinski definition) is 3. The van der Waals surface area contributed by atoms with Crippen LogP contribution in [-0.4, -0.2) is 30.8 Å². The molecule has 5 nitrogen and oxygen atoms in total. The van der Waals surface area contributed by atoms with Gasteiger partial charge in [0.05, 0.1) is 0 Å². The van der Waals surface area contributed by atoms with E-state index >= 15 is 0 Å². The van der Waals surface area contributed by atoms with Gasteiger partial charge in [0.15, 0.2) is 0 Å². The summed E-state index contributed by atoms with van der Waals surface area (Å²) in [6, 6.07) is 15.9. The predicted octanol–water partition coefficient (Wildman–Crippen LogP) is 4.29. The molecule has 0 aromatic heterocycles. The molecule has 28 heavy (non-hydrogen) atoms. The van der Waals surface area contributed by atoms with E-state index in [0.29, 0.717) is 19.5 Å². The van der Waals surface area contributed by atoms with Gasteiger partial charge in [-0.2, -0.15) is 0 Å². The minimum Gasteiger partial charge on any atom is -0.377 e. The summed E-state index contributed by atoms with van der Waals surface area (Å²) in [7, 11) is 3.96. The third-order valence-corrected chi connectivity index (χ3v) is 4.55. The molecule has 5 heteroatoms. The van der Waals surface area contributed by atoms with Gasteiger partial charge in [-0.25, -0.2) is 0 Å². The van der Waals surface area contributed by atoms with Crippen LogP contribution < -0.4 is 10.2 Å². The summed E-state index contributed by atoms with van der Waals surface area (Å²) in [6.07, 6.45) is 0.427. The van der Waals surface area contributed by atoms with Gasteiger partial charge in [-0.1, -0.05) is 51.1 Å². The molecule has 0 aliphatic heterocycles. The van der Waals surface area contributed by atoms with Crippen molar-refractivity contribution < 1.29 is 9.59 Å². The minimum absolute atomic E-state index is 0.0250. The number of hydrogen-bond donors (Lipinski definition) is 1. The smallest absolute Gasteiger partial charge is 0.225 e. The molecule has 0 heterocycles. The van der Waals surface area contributed by atoms with E-state index in [2.05, 4.69) is 5.32 Å². The largest absolute Gasteiger partial charge is 0.377 e. The lowest BCUT2D eigenvalue weighted by Gasteiger charge is -2.28. The molecule has 2 aromatic carbocycles. The highest BCUT2D eigenvalue weighted by atomic mass is 16.2. The van der Waals surface area contributed by atoms with Gasteiger partial charge in [0.25, 0.3) is 0 Å². The zero-order valence-corrected chi connectivity index (χ0v) is 17.5. The van der Waals surface area contributed by atoms with Gasteiger partial charge in [0, 0.05) is 50.9 Å². The van der Waals surface area contributed by atoms with Crippen molar-refractivity contribution in [1.82, 2.24) is 4.90 Å². The molecular formula is C23H31N3O2. The molecule has 150 valence electrons. The Hall–Kier alpha value is -2.82. The summed E-state index contributed by atoms with van der Waals surface area (Å²) >= 11 is 0. The molecule has 0 atom stereocenters. The molecule has 2 aromatic rings. The Labute approximate surface area is 168 Å². The molecule has 0 fully saturated rings. The molecule has 0 saturated heterocycles. The number of anilines is 2. The van der Waals surface area contributed by atoms with Gasteiger partial charge < -0.3 is 15.1 Å². The fourth-order valence-electron chi connectivity index (χ4n) is 3.06. The van der Waals surface area contributed by atoms with Crippen LogP contribution in [0, 0.1) is 5.92 Å². The number of nitrogens with zero attached hydrogens (tertiary/aromatic N) is 2. The van der Waals surface area contributed by atoms with E-state index in [4.69, 9.17) is 0 Å². The van der Waals surface area contributed by atoms with Crippen LogP contribution in [0.25, 0.3) is 0 Å². The molecular weight excluding hydrogens is 350 g/mol. The second-order valence-corrected chi connectivity index (χ2v) is 7.47.